The molecule has 0 bridgehead atoms. The van der Waals surface area contributed by atoms with E-state index < -0.39 is 17.7 Å². The first-order chi connectivity index (χ1) is 15.9. The quantitative estimate of drug-likeness (QED) is 0.630. The second-order valence-corrected chi connectivity index (χ2v) is 10.6. The van der Waals surface area contributed by atoms with E-state index in [0.717, 1.165) is 63.2 Å². The van der Waals surface area contributed by atoms with E-state index in [1.54, 1.807) is 0 Å². The zero-order valence-corrected chi connectivity index (χ0v) is 20.5. The number of rotatable bonds is 7. The van der Waals surface area contributed by atoms with Gasteiger partial charge in [0.2, 0.25) is 11.8 Å². The molecule has 2 atom stereocenters. The van der Waals surface area contributed by atoms with Gasteiger partial charge in [0.15, 0.2) is 0 Å². The van der Waals surface area contributed by atoms with Crippen LogP contribution >= 0.6 is 11.6 Å². The maximum absolute atomic E-state index is 13.7. The highest BCUT2D eigenvalue weighted by Crippen LogP contribution is 2.36. The Morgan fingerprint density at radius 3 is 2.42 bits per heavy atom. The van der Waals surface area contributed by atoms with Crippen LogP contribution in [0.15, 0.2) is 24.3 Å². The third-order valence-electron chi connectivity index (χ3n) is 7.97. The summed E-state index contributed by atoms with van der Waals surface area (Å²) in [5, 5.41) is 14.8. The number of unbranched alkanes of at least 4 members (excludes halogenated alkanes) is 1. The molecule has 1 aromatic rings. The van der Waals surface area contributed by atoms with Crippen molar-refractivity contribution in [2.24, 2.45) is 5.92 Å². The lowest BCUT2D eigenvalue weighted by Crippen LogP contribution is -2.75. The highest BCUT2D eigenvalue weighted by atomic mass is 35.5. The van der Waals surface area contributed by atoms with Crippen LogP contribution in [0, 0.1) is 5.92 Å². The number of benzene rings is 1. The molecule has 1 aliphatic carbocycles. The molecule has 3 fully saturated rings. The normalized spacial score (nSPS) is 25.3. The van der Waals surface area contributed by atoms with Crippen LogP contribution in [-0.4, -0.2) is 64.0 Å². The van der Waals surface area contributed by atoms with E-state index in [9.17, 15) is 14.7 Å². The molecule has 7 heteroatoms. The number of piperidine rings is 1. The molecule has 2 heterocycles. The standard InChI is InChI=1S/C26H38ClN3O3/c1-2-3-15-30-24(32)22(23(31)20-7-5-4-6-8-20)28-25(33)26(30)13-16-29(17-14-26)18-19-9-11-21(27)12-10-19/h9-12,20,22-23,31H,2-8,13-18H2,1H3,(H,28,33)/t22-,23-/m1/s1. The van der Waals surface area contributed by atoms with Crippen LogP contribution in [0.4, 0.5) is 0 Å². The van der Waals surface area contributed by atoms with Gasteiger partial charge in [-0.3, -0.25) is 14.5 Å². The Labute approximate surface area is 202 Å². The fourth-order valence-electron chi connectivity index (χ4n) is 5.88. The molecule has 2 saturated heterocycles. The van der Waals surface area contributed by atoms with Crippen LogP contribution in [0.2, 0.25) is 5.02 Å². The highest BCUT2D eigenvalue weighted by molar-refractivity contribution is 6.30. The molecular weight excluding hydrogens is 438 g/mol. The Balaban J connectivity index is 1.47. The summed E-state index contributed by atoms with van der Waals surface area (Å²) in [6, 6.07) is 7.07. The number of amides is 2. The molecule has 2 aliphatic heterocycles. The number of aliphatic hydroxyl groups is 1. The van der Waals surface area contributed by atoms with E-state index in [4.69, 9.17) is 11.6 Å². The first-order valence-electron chi connectivity index (χ1n) is 12.7. The van der Waals surface area contributed by atoms with Crippen LogP contribution in [0.3, 0.4) is 0 Å². The second-order valence-electron chi connectivity index (χ2n) is 10.1. The predicted molar refractivity (Wildman–Crippen MR) is 130 cm³/mol. The number of piperazine rings is 1. The number of hydrogen-bond donors (Lipinski definition) is 2. The Bertz CT molecular complexity index is 817. The summed E-state index contributed by atoms with van der Waals surface area (Å²) >= 11 is 6.01. The molecule has 182 valence electrons. The fourth-order valence-corrected chi connectivity index (χ4v) is 6.01. The lowest BCUT2D eigenvalue weighted by Gasteiger charge is -2.52. The number of carbonyl (C=O) groups excluding carboxylic acids is 2. The van der Waals surface area contributed by atoms with E-state index in [2.05, 4.69) is 17.1 Å². The molecule has 0 aromatic heterocycles. The lowest BCUT2D eigenvalue weighted by atomic mass is 9.78. The van der Waals surface area contributed by atoms with Gasteiger partial charge in [0.05, 0.1) is 6.10 Å². The first-order valence-corrected chi connectivity index (χ1v) is 13.1. The summed E-state index contributed by atoms with van der Waals surface area (Å²) in [4.78, 5) is 31.4. The van der Waals surface area contributed by atoms with Gasteiger partial charge >= 0.3 is 0 Å². The zero-order valence-electron chi connectivity index (χ0n) is 19.8. The number of nitrogens with one attached hydrogen (secondary N) is 1. The topological polar surface area (TPSA) is 72.9 Å². The first kappa shape index (κ1) is 24.5. The Hall–Kier alpha value is -1.63. The minimum atomic E-state index is -0.810. The third-order valence-corrected chi connectivity index (χ3v) is 8.22. The molecular formula is C26H38ClN3O3. The van der Waals surface area contributed by atoms with Crippen molar-refractivity contribution in [3.63, 3.8) is 0 Å². The van der Waals surface area contributed by atoms with Gasteiger partial charge in [0, 0.05) is 31.2 Å². The van der Waals surface area contributed by atoms with Gasteiger partial charge in [-0.05, 0) is 55.7 Å². The van der Waals surface area contributed by atoms with E-state index in [1.807, 2.05) is 29.2 Å². The average molecular weight is 476 g/mol. The van der Waals surface area contributed by atoms with Crippen LogP contribution in [-0.2, 0) is 16.1 Å². The predicted octanol–water partition coefficient (Wildman–Crippen LogP) is 3.74. The van der Waals surface area contributed by atoms with Crippen molar-refractivity contribution in [1.82, 2.24) is 15.1 Å². The molecule has 0 unspecified atom stereocenters. The van der Waals surface area contributed by atoms with Gasteiger partial charge in [-0.2, -0.15) is 0 Å². The number of halogens is 1. The Morgan fingerprint density at radius 1 is 1.12 bits per heavy atom. The van der Waals surface area contributed by atoms with Crippen molar-refractivity contribution in [3.8, 4) is 0 Å². The summed E-state index contributed by atoms with van der Waals surface area (Å²) in [6.07, 6.45) is 7.48. The van der Waals surface area contributed by atoms with E-state index in [0.29, 0.717) is 19.4 Å². The van der Waals surface area contributed by atoms with Crippen molar-refractivity contribution in [2.75, 3.05) is 19.6 Å². The van der Waals surface area contributed by atoms with Crippen LogP contribution in [0.5, 0.6) is 0 Å². The van der Waals surface area contributed by atoms with Crippen molar-refractivity contribution < 1.29 is 14.7 Å². The Kier molecular flexibility index (Phi) is 7.98. The summed E-state index contributed by atoms with van der Waals surface area (Å²) in [5.74, 6) is -0.0761. The van der Waals surface area contributed by atoms with E-state index >= 15 is 0 Å². The molecule has 33 heavy (non-hydrogen) atoms. The van der Waals surface area contributed by atoms with Gasteiger partial charge in [-0.1, -0.05) is 56.3 Å². The maximum atomic E-state index is 13.7. The maximum Gasteiger partial charge on any atom is 0.248 e. The number of aliphatic hydroxyl groups excluding tert-OH is 1. The minimum Gasteiger partial charge on any atom is -0.390 e. The van der Waals surface area contributed by atoms with Gasteiger partial charge < -0.3 is 15.3 Å². The van der Waals surface area contributed by atoms with Crippen molar-refractivity contribution in [3.05, 3.63) is 34.9 Å². The molecule has 4 rings (SSSR count). The third kappa shape index (κ3) is 5.23. The molecule has 1 aromatic carbocycles. The van der Waals surface area contributed by atoms with Gasteiger partial charge in [-0.15, -0.1) is 0 Å². The molecule has 2 amide bonds. The molecule has 6 nitrogen and oxygen atoms in total. The molecule has 2 N–H and O–H groups in total. The molecule has 1 saturated carbocycles. The van der Waals surface area contributed by atoms with Gasteiger partial charge in [-0.25, -0.2) is 0 Å². The minimum absolute atomic E-state index is 0.0794. The SMILES string of the molecule is CCCCN1C(=O)[C@@H]([C@H](O)C2CCCCC2)NC(=O)C12CCN(Cc1ccc(Cl)cc1)CC2. The number of nitrogens with zero attached hydrogens (tertiary/aromatic N) is 2. The summed E-state index contributed by atoms with van der Waals surface area (Å²) < 4.78 is 0. The molecule has 0 radical (unpaired) electrons. The van der Waals surface area contributed by atoms with Crippen LogP contribution < -0.4 is 5.32 Å². The zero-order chi connectivity index (χ0) is 23.4. The summed E-state index contributed by atoms with van der Waals surface area (Å²) in [7, 11) is 0. The largest absolute Gasteiger partial charge is 0.390 e. The summed E-state index contributed by atoms with van der Waals surface area (Å²) in [5.41, 5.74) is 0.393. The smallest absolute Gasteiger partial charge is 0.248 e. The van der Waals surface area contributed by atoms with Crippen LogP contribution in [0.25, 0.3) is 0 Å². The number of hydrogen-bond acceptors (Lipinski definition) is 4. The van der Waals surface area contributed by atoms with Gasteiger partial charge in [0.25, 0.3) is 0 Å². The van der Waals surface area contributed by atoms with Crippen molar-refractivity contribution >= 4 is 23.4 Å². The van der Waals surface area contributed by atoms with E-state index in [-0.39, 0.29) is 17.7 Å². The summed E-state index contributed by atoms with van der Waals surface area (Å²) in [6.45, 7) is 4.99. The van der Waals surface area contributed by atoms with Crippen LogP contribution in [0.1, 0.15) is 70.3 Å². The van der Waals surface area contributed by atoms with Crippen molar-refractivity contribution in [1.29, 1.82) is 0 Å². The molecule has 1 spiro atoms. The number of carbonyl (C=O) groups is 2. The fraction of sp³-hybridized carbons (Fsp3) is 0.692. The highest BCUT2D eigenvalue weighted by Gasteiger charge is 2.55. The lowest BCUT2D eigenvalue weighted by molar-refractivity contribution is -0.166. The second kappa shape index (κ2) is 10.7. The Morgan fingerprint density at radius 2 is 1.79 bits per heavy atom. The molecule has 3 aliphatic rings. The number of likely N-dealkylation sites (tertiary alicyclic amines) is 1. The van der Waals surface area contributed by atoms with Gasteiger partial charge in [0.1, 0.15) is 11.6 Å². The average Bonchev–Trinajstić information content (AvgIpc) is 2.84. The van der Waals surface area contributed by atoms with Crippen molar-refractivity contribution in [2.45, 2.75) is 88.9 Å². The monoisotopic (exact) mass is 475 g/mol. The van der Waals surface area contributed by atoms with E-state index in [1.165, 1.54) is 12.0 Å².